The van der Waals surface area contributed by atoms with Gasteiger partial charge in [0.1, 0.15) is 0 Å². The van der Waals surface area contributed by atoms with E-state index >= 15 is 0 Å². The van der Waals surface area contributed by atoms with Crippen molar-refractivity contribution < 1.29 is 9.90 Å². The van der Waals surface area contributed by atoms with Crippen molar-refractivity contribution in [2.24, 2.45) is 0 Å². The third-order valence-corrected chi connectivity index (χ3v) is 2.18. The number of carbonyl (C=O) groups is 1. The minimum Gasteiger partial charge on any atom is -0.478 e. The van der Waals surface area contributed by atoms with Gasteiger partial charge in [-0.2, -0.15) is 0 Å². The van der Waals surface area contributed by atoms with Crippen LogP contribution in [0.25, 0.3) is 17.1 Å². The summed E-state index contributed by atoms with van der Waals surface area (Å²) in [5, 5.41) is 8.39. The van der Waals surface area contributed by atoms with E-state index in [0.717, 1.165) is 22.7 Å². The van der Waals surface area contributed by atoms with Crippen molar-refractivity contribution in [1.82, 2.24) is 9.97 Å². The second kappa shape index (κ2) is 4.52. The minimum absolute atomic E-state index is 0.244. The van der Waals surface area contributed by atoms with Crippen molar-refractivity contribution in [3.8, 4) is 0 Å². The van der Waals surface area contributed by atoms with Crippen molar-refractivity contribution in [2.75, 3.05) is 0 Å². The number of benzene rings is 1. The Kier molecular flexibility index (Phi) is 2.91. The molecular weight excluding hydrogens is 220 g/mol. The number of aliphatic carboxylic acids is 1. The largest absolute Gasteiger partial charge is 0.478 e. The van der Waals surface area contributed by atoms with Gasteiger partial charge in [0, 0.05) is 6.08 Å². The van der Waals surface area contributed by atoms with Gasteiger partial charge in [0.05, 0.1) is 11.0 Å². The number of carboxylic acids is 1. The van der Waals surface area contributed by atoms with Crippen LogP contribution >= 0.6 is 0 Å². The van der Waals surface area contributed by atoms with Gasteiger partial charge in [-0.15, -0.1) is 0 Å². The van der Waals surface area contributed by atoms with Crippen molar-refractivity contribution in [3.05, 3.63) is 52.5 Å². The number of imidazole rings is 1. The second-order valence-corrected chi connectivity index (χ2v) is 3.44. The highest BCUT2D eigenvalue weighted by Crippen LogP contribution is 2.11. The van der Waals surface area contributed by atoms with Gasteiger partial charge in [0.25, 0.3) is 0 Å². The molecule has 5 nitrogen and oxygen atoms in total. The van der Waals surface area contributed by atoms with E-state index in [0.29, 0.717) is 0 Å². The highest BCUT2D eigenvalue weighted by atomic mass is 16.4. The normalized spacial score (nSPS) is 11.8. The zero-order chi connectivity index (χ0) is 12.3. The fraction of sp³-hybridized carbons (Fsp3) is 0. The molecule has 3 N–H and O–H groups in total. The number of hydrogen-bond acceptors (Lipinski definition) is 2. The molecule has 0 aliphatic heterocycles. The van der Waals surface area contributed by atoms with Crippen molar-refractivity contribution in [1.29, 1.82) is 0 Å². The maximum Gasteiger partial charge on any atom is 0.328 e. The molecule has 0 aliphatic rings. The van der Waals surface area contributed by atoms with Gasteiger partial charge in [-0.05, 0) is 17.7 Å². The lowest BCUT2D eigenvalue weighted by molar-refractivity contribution is -0.131. The van der Waals surface area contributed by atoms with Gasteiger partial charge in [-0.1, -0.05) is 24.3 Å². The maximum atomic E-state index is 11.0. The molecule has 2 aromatic rings. The van der Waals surface area contributed by atoms with Crippen LogP contribution in [-0.4, -0.2) is 21.0 Å². The first-order valence-electron chi connectivity index (χ1n) is 4.95. The molecular formula is C12H10N2O3. The third kappa shape index (κ3) is 2.72. The Morgan fingerprint density at radius 2 is 1.94 bits per heavy atom. The van der Waals surface area contributed by atoms with Crippen LogP contribution in [-0.2, 0) is 4.79 Å². The van der Waals surface area contributed by atoms with E-state index in [2.05, 4.69) is 9.97 Å². The lowest BCUT2D eigenvalue weighted by Crippen LogP contribution is -1.99. The summed E-state index contributed by atoms with van der Waals surface area (Å²) in [6.07, 6.45) is 5.86. The molecule has 17 heavy (non-hydrogen) atoms. The number of fused-ring (bicyclic) bond motifs is 1. The van der Waals surface area contributed by atoms with E-state index in [1.165, 1.54) is 6.08 Å². The lowest BCUT2D eigenvalue weighted by atomic mass is 10.2. The van der Waals surface area contributed by atoms with Crippen LogP contribution in [0.3, 0.4) is 0 Å². The number of nitrogens with one attached hydrogen (secondary N) is 2. The van der Waals surface area contributed by atoms with E-state index in [4.69, 9.17) is 5.11 Å². The molecule has 0 unspecified atom stereocenters. The number of carboxylic acid groups (broad SMARTS) is 1. The number of H-pyrrole nitrogens is 2. The highest BCUT2D eigenvalue weighted by Gasteiger charge is 1.96. The topological polar surface area (TPSA) is 85.9 Å². The summed E-state index contributed by atoms with van der Waals surface area (Å²) in [7, 11) is 0. The molecule has 0 radical (unpaired) electrons. The Morgan fingerprint density at radius 1 is 1.18 bits per heavy atom. The van der Waals surface area contributed by atoms with Gasteiger partial charge in [-0.3, -0.25) is 0 Å². The summed E-state index contributed by atoms with van der Waals surface area (Å²) < 4.78 is 0. The summed E-state index contributed by atoms with van der Waals surface area (Å²) in [6.45, 7) is 0. The van der Waals surface area contributed by atoms with Crippen LogP contribution in [0.15, 0.2) is 41.2 Å². The number of hydrogen-bond donors (Lipinski definition) is 3. The molecule has 5 heteroatoms. The molecule has 0 bridgehead atoms. The van der Waals surface area contributed by atoms with E-state index in [-0.39, 0.29) is 5.69 Å². The van der Waals surface area contributed by atoms with E-state index < -0.39 is 5.97 Å². The fourth-order valence-electron chi connectivity index (χ4n) is 1.46. The number of aromatic amines is 2. The van der Waals surface area contributed by atoms with Gasteiger partial charge < -0.3 is 15.1 Å². The molecule has 1 aromatic heterocycles. The van der Waals surface area contributed by atoms with Crippen LogP contribution < -0.4 is 5.69 Å². The third-order valence-electron chi connectivity index (χ3n) is 2.18. The zero-order valence-corrected chi connectivity index (χ0v) is 8.81. The quantitative estimate of drug-likeness (QED) is 0.551. The summed E-state index contributed by atoms with van der Waals surface area (Å²) >= 11 is 0. The monoisotopic (exact) mass is 230 g/mol. The Hall–Kier alpha value is -2.56. The summed E-state index contributed by atoms with van der Waals surface area (Å²) in [5.41, 5.74) is 2.10. The smallest absolute Gasteiger partial charge is 0.328 e. The molecule has 0 aliphatic carbocycles. The van der Waals surface area contributed by atoms with Crippen LogP contribution in [0.5, 0.6) is 0 Å². The van der Waals surface area contributed by atoms with E-state index in [1.807, 2.05) is 6.07 Å². The van der Waals surface area contributed by atoms with E-state index in [9.17, 15) is 9.59 Å². The van der Waals surface area contributed by atoms with Crippen molar-refractivity contribution >= 4 is 23.1 Å². The molecule has 0 amide bonds. The molecule has 0 fully saturated rings. The highest BCUT2D eigenvalue weighted by molar-refractivity contribution is 5.81. The molecule has 2 rings (SSSR count). The minimum atomic E-state index is -0.986. The Bertz CT molecular complexity index is 662. The zero-order valence-electron chi connectivity index (χ0n) is 8.81. The van der Waals surface area contributed by atoms with Gasteiger partial charge >= 0.3 is 11.7 Å². The first kappa shape index (κ1) is 10.9. The molecule has 1 aromatic carbocycles. The predicted octanol–water partition coefficient (Wildman–Crippen LogP) is 1.51. The number of rotatable bonds is 3. The summed E-state index contributed by atoms with van der Waals surface area (Å²) in [5.74, 6) is -0.986. The Morgan fingerprint density at radius 3 is 2.71 bits per heavy atom. The summed E-state index contributed by atoms with van der Waals surface area (Å²) in [4.78, 5) is 26.5. The van der Waals surface area contributed by atoms with Crippen molar-refractivity contribution in [3.63, 3.8) is 0 Å². The van der Waals surface area contributed by atoms with Crippen LogP contribution in [0.1, 0.15) is 5.56 Å². The second-order valence-electron chi connectivity index (χ2n) is 3.44. The molecule has 1 heterocycles. The molecule has 0 atom stereocenters. The molecule has 0 saturated heterocycles. The average molecular weight is 230 g/mol. The first-order chi connectivity index (χ1) is 8.15. The average Bonchev–Trinajstić information content (AvgIpc) is 2.63. The lowest BCUT2D eigenvalue weighted by Gasteiger charge is -1.92. The SMILES string of the molecule is O=C(O)/C=C/C=C/c1ccc2[nH]c(=O)[nH]c2c1. The standard InChI is InChI=1S/C12H10N2O3/c15-11(16)4-2-1-3-8-5-6-9-10(7-8)14-12(17)13-9/h1-7H,(H,15,16)(H2,13,14,17)/b3-1+,4-2+. The first-order valence-corrected chi connectivity index (χ1v) is 4.95. The van der Waals surface area contributed by atoms with Gasteiger partial charge in [-0.25, -0.2) is 9.59 Å². The number of allylic oxidation sites excluding steroid dienone is 2. The Labute approximate surface area is 96.1 Å². The molecule has 0 saturated carbocycles. The van der Waals surface area contributed by atoms with Crippen LogP contribution in [0, 0.1) is 0 Å². The maximum absolute atomic E-state index is 11.0. The predicted molar refractivity (Wildman–Crippen MR) is 64.7 cm³/mol. The van der Waals surface area contributed by atoms with E-state index in [1.54, 1.807) is 24.3 Å². The van der Waals surface area contributed by atoms with Gasteiger partial charge in [0.15, 0.2) is 0 Å². The van der Waals surface area contributed by atoms with Gasteiger partial charge in [0.2, 0.25) is 0 Å². The van der Waals surface area contributed by atoms with Crippen LogP contribution in [0.2, 0.25) is 0 Å². The molecule has 0 spiro atoms. The number of aromatic nitrogens is 2. The van der Waals surface area contributed by atoms with Crippen molar-refractivity contribution in [2.45, 2.75) is 0 Å². The summed E-state index contributed by atoms with van der Waals surface area (Å²) in [6, 6.07) is 5.42. The molecule has 86 valence electrons. The van der Waals surface area contributed by atoms with Crippen LogP contribution in [0.4, 0.5) is 0 Å². The fourth-order valence-corrected chi connectivity index (χ4v) is 1.46. The Balaban J connectivity index is 2.24.